The minimum atomic E-state index is 0.803. The second kappa shape index (κ2) is 3.35. The van der Waals surface area contributed by atoms with Crippen molar-refractivity contribution in [2.45, 2.75) is 31.7 Å². The molecule has 12 heavy (non-hydrogen) atoms. The fraction of sp³-hybridized carbons (Fsp3) is 1.00. The minimum absolute atomic E-state index is 0.803. The standard InChI is InChI=1S/C10H20N2/c1-12-6-2-3-10(12)9(7-11)8-4-5-8/h8-10H,2-7,11H2,1H3. The molecule has 2 aliphatic rings. The quantitative estimate of drug-likeness (QED) is 0.683. The largest absolute Gasteiger partial charge is 0.330 e. The average Bonchev–Trinajstić information content (AvgIpc) is 2.80. The van der Waals surface area contributed by atoms with E-state index in [9.17, 15) is 0 Å². The molecule has 0 aromatic rings. The molecule has 2 nitrogen and oxygen atoms in total. The summed E-state index contributed by atoms with van der Waals surface area (Å²) in [6.45, 7) is 2.19. The highest BCUT2D eigenvalue weighted by atomic mass is 15.2. The molecular weight excluding hydrogens is 148 g/mol. The molecule has 2 atom stereocenters. The van der Waals surface area contributed by atoms with E-state index < -0.39 is 0 Å². The maximum atomic E-state index is 5.83. The molecule has 2 N–H and O–H groups in total. The third kappa shape index (κ3) is 1.50. The van der Waals surface area contributed by atoms with Gasteiger partial charge in [0.2, 0.25) is 0 Å². The third-order valence-electron chi connectivity index (χ3n) is 3.57. The van der Waals surface area contributed by atoms with Crippen LogP contribution in [0.2, 0.25) is 0 Å². The van der Waals surface area contributed by atoms with Gasteiger partial charge in [-0.3, -0.25) is 0 Å². The summed E-state index contributed by atoms with van der Waals surface area (Å²) in [6, 6.07) is 0.808. The molecule has 0 aromatic heterocycles. The van der Waals surface area contributed by atoms with Crippen molar-refractivity contribution in [2.75, 3.05) is 20.1 Å². The molecule has 2 heteroatoms. The van der Waals surface area contributed by atoms with Gasteiger partial charge in [0.05, 0.1) is 0 Å². The van der Waals surface area contributed by atoms with Crippen molar-refractivity contribution in [2.24, 2.45) is 17.6 Å². The number of rotatable bonds is 3. The van der Waals surface area contributed by atoms with Crippen LogP contribution in [0.5, 0.6) is 0 Å². The van der Waals surface area contributed by atoms with Gasteiger partial charge in [-0.25, -0.2) is 0 Å². The molecule has 2 rings (SSSR count). The van der Waals surface area contributed by atoms with E-state index in [1.807, 2.05) is 0 Å². The maximum Gasteiger partial charge on any atom is 0.0136 e. The average molecular weight is 168 g/mol. The summed E-state index contributed by atoms with van der Waals surface area (Å²) in [4.78, 5) is 2.51. The summed E-state index contributed by atoms with van der Waals surface area (Å²) in [5.41, 5.74) is 5.83. The molecule has 2 fully saturated rings. The molecule has 2 unspecified atom stereocenters. The SMILES string of the molecule is CN1CCCC1C(CN)C1CC1. The van der Waals surface area contributed by atoms with Gasteiger partial charge in [0, 0.05) is 6.04 Å². The zero-order valence-corrected chi connectivity index (χ0v) is 8.00. The van der Waals surface area contributed by atoms with E-state index in [2.05, 4.69) is 11.9 Å². The summed E-state index contributed by atoms with van der Waals surface area (Å²) < 4.78 is 0. The summed E-state index contributed by atoms with van der Waals surface area (Å²) in [7, 11) is 2.25. The van der Waals surface area contributed by atoms with Crippen LogP contribution in [0.4, 0.5) is 0 Å². The smallest absolute Gasteiger partial charge is 0.0136 e. The van der Waals surface area contributed by atoms with Crippen LogP contribution in [-0.2, 0) is 0 Å². The second-order valence-electron chi connectivity index (χ2n) is 4.43. The first-order valence-corrected chi connectivity index (χ1v) is 5.23. The Morgan fingerprint density at radius 1 is 1.42 bits per heavy atom. The van der Waals surface area contributed by atoms with Crippen molar-refractivity contribution in [3.05, 3.63) is 0 Å². The Bertz CT molecular complexity index is 154. The van der Waals surface area contributed by atoms with Crippen LogP contribution >= 0.6 is 0 Å². The molecule has 1 saturated heterocycles. The van der Waals surface area contributed by atoms with Gasteiger partial charge in [-0.2, -0.15) is 0 Å². The molecular formula is C10H20N2. The van der Waals surface area contributed by atoms with Crippen molar-refractivity contribution in [1.29, 1.82) is 0 Å². The first-order valence-electron chi connectivity index (χ1n) is 5.23. The van der Waals surface area contributed by atoms with E-state index in [1.165, 1.54) is 32.2 Å². The third-order valence-corrected chi connectivity index (χ3v) is 3.57. The molecule has 0 amide bonds. The van der Waals surface area contributed by atoms with Gasteiger partial charge in [-0.05, 0) is 57.7 Å². The lowest BCUT2D eigenvalue weighted by Gasteiger charge is -2.28. The number of hydrogen-bond acceptors (Lipinski definition) is 2. The topological polar surface area (TPSA) is 29.3 Å². The van der Waals surface area contributed by atoms with E-state index >= 15 is 0 Å². The first kappa shape index (κ1) is 8.52. The minimum Gasteiger partial charge on any atom is -0.330 e. The molecule has 1 aliphatic carbocycles. The summed E-state index contributed by atoms with van der Waals surface area (Å²) in [5, 5.41) is 0. The highest BCUT2D eigenvalue weighted by Gasteiger charge is 2.38. The fourth-order valence-corrected chi connectivity index (χ4v) is 2.67. The number of likely N-dealkylation sites (tertiary alicyclic amines) is 1. The summed E-state index contributed by atoms with van der Waals surface area (Å²) in [5.74, 6) is 1.78. The number of hydrogen-bond donors (Lipinski definition) is 1. The van der Waals surface area contributed by atoms with Crippen LogP contribution in [0, 0.1) is 11.8 Å². The van der Waals surface area contributed by atoms with Crippen molar-refractivity contribution < 1.29 is 0 Å². The van der Waals surface area contributed by atoms with Crippen molar-refractivity contribution in [3.63, 3.8) is 0 Å². The molecule has 0 spiro atoms. The Balaban J connectivity index is 1.94. The number of nitrogens with zero attached hydrogens (tertiary/aromatic N) is 1. The molecule has 1 saturated carbocycles. The van der Waals surface area contributed by atoms with Gasteiger partial charge in [0.25, 0.3) is 0 Å². The molecule has 1 heterocycles. The van der Waals surface area contributed by atoms with Crippen LogP contribution in [0.25, 0.3) is 0 Å². The van der Waals surface area contributed by atoms with Crippen LogP contribution in [0.3, 0.4) is 0 Å². The van der Waals surface area contributed by atoms with Crippen LogP contribution < -0.4 is 5.73 Å². The predicted octanol–water partition coefficient (Wildman–Crippen LogP) is 1.07. The van der Waals surface area contributed by atoms with Gasteiger partial charge in [0.1, 0.15) is 0 Å². The van der Waals surface area contributed by atoms with E-state index in [0.717, 1.165) is 24.4 Å². The Morgan fingerprint density at radius 3 is 2.58 bits per heavy atom. The van der Waals surface area contributed by atoms with Crippen molar-refractivity contribution >= 4 is 0 Å². The highest BCUT2D eigenvalue weighted by Crippen LogP contribution is 2.41. The van der Waals surface area contributed by atoms with Crippen LogP contribution in [0.15, 0.2) is 0 Å². The number of nitrogens with two attached hydrogens (primary N) is 1. The van der Waals surface area contributed by atoms with Crippen LogP contribution in [0.1, 0.15) is 25.7 Å². The molecule has 0 aromatic carbocycles. The fourth-order valence-electron chi connectivity index (χ4n) is 2.67. The molecule has 0 radical (unpaired) electrons. The Labute approximate surface area is 75.1 Å². The zero-order valence-electron chi connectivity index (χ0n) is 8.00. The normalized spacial score (nSPS) is 34.0. The lowest BCUT2D eigenvalue weighted by atomic mass is 9.93. The van der Waals surface area contributed by atoms with E-state index in [4.69, 9.17) is 5.73 Å². The molecule has 1 aliphatic heterocycles. The molecule has 70 valence electrons. The van der Waals surface area contributed by atoms with Gasteiger partial charge in [-0.15, -0.1) is 0 Å². The van der Waals surface area contributed by atoms with Gasteiger partial charge >= 0.3 is 0 Å². The Hall–Kier alpha value is -0.0800. The summed E-state index contributed by atoms with van der Waals surface area (Å²) in [6.07, 6.45) is 5.64. The molecule has 0 bridgehead atoms. The van der Waals surface area contributed by atoms with Gasteiger partial charge in [-0.1, -0.05) is 0 Å². The Kier molecular flexibility index (Phi) is 2.37. The lowest BCUT2D eigenvalue weighted by molar-refractivity contribution is 0.212. The Morgan fingerprint density at radius 2 is 2.17 bits per heavy atom. The zero-order chi connectivity index (χ0) is 8.55. The van der Waals surface area contributed by atoms with Crippen molar-refractivity contribution in [3.8, 4) is 0 Å². The van der Waals surface area contributed by atoms with E-state index in [1.54, 1.807) is 0 Å². The summed E-state index contributed by atoms with van der Waals surface area (Å²) >= 11 is 0. The first-order chi connectivity index (χ1) is 5.83. The van der Waals surface area contributed by atoms with Gasteiger partial charge < -0.3 is 10.6 Å². The highest BCUT2D eigenvalue weighted by molar-refractivity contribution is 4.92. The van der Waals surface area contributed by atoms with E-state index in [-0.39, 0.29) is 0 Å². The predicted molar refractivity (Wildman–Crippen MR) is 50.9 cm³/mol. The second-order valence-corrected chi connectivity index (χ2v) is 4.43. The van der Waals surface area contributed by atoms with Gasteiger partial charge in [0.15, 0.2) is 0 Å². The van der Waals surface area contributed by atoms with Crippen LogP contribution in [-0.4, -0.2) is 31.1 Å². The van der Waals surface area contributed by atoms with E-state index in [0.29, 0.717) is 0 Å². The maximum absolute atomic E-state index is 5.83. The monoisotopic (exact) mass is 168 g/mol. The van der Waals surface area contributed by atoms with Crippen molar-refractivity contribution in [1.82, 2.24) is 4.90 Å². The lowest BCUT2D eigenvalue weighted by Crippen LogP contribution is -2.37.